The fourth-order valence-electron chi connectivity index (χ4n) is 3.76. The molecule has 0 bridgehead atoms. The van der Waals surface area contributed by atoms with Crippen LogP contribution in [0.5, 0.6) is 0 Å². The first-order valence-electron chi connectivity index (χ1n) is 7.55. The van der Waals surface area contributed by atoms with E-state index in [1.807, 2.05) is 0 Å². The van der Waals surface area contributed by atoms with Crippen LogP contribution in [0.2, 0.25) is 0 Å². The molecule has 3 atom stereocenters. The van der Waals surface area contributed by atoms with Crippen LogP contribution in [0.15, 0.2) is 0 Å². The summed E-state index contributed by atoms with van der Waals surface area (Å²) in [5.74, 6) is 1.81. The third kappa shape index (κ3) is 3.23. The van der Waals surface area contributed by atoms with Crippen LogP contribution in [0.1, 0.15) is 58.8 Å². The Kier molecular flexibility index (Phi) is 4.48. The van der Waals surface area contributed by atoms with Crippen LogP contribution in [-0.4, -0.2) is 30.1 Å². The van der Waals surface area contributed by atoms with E-state index < -0.39 is 0 Å². The molecule has 3 unspecified atom stereocenters. The molecule has 0 aromatic rings. The predicted molar refractivity (Wildman–Crippen MR) is 74.0 cm³/mol. The lowest BCUT2D eigenvalue weighted by Crippen LogP contribution is -2.53. The molecule has 2 nitrogen and oxygen atoms in total. The van der Waals surface area contributed by atoms with Crippen LogP contribution in [0, 0.1) is 11.8 Å². The van der Waals surface area contributed by atoms with Gasteiger partial charge >= 0.3 is 0 Å². The Bertz CT molecular complexity index is 233. The zero-order valence-electron chi connectivity index (χ0n) is 11.9. The molecule has 2 aliphatic rings. The van der Waals surface area contributed by atoms with Gasteiger partial charge in [0.05, 0.1) is 0 Å². The minimum Gasteiger partial charge on any atom is -0.326 e. The van der Waals surface area contributed by atoms with Gasteiger partial charge in [-0.2, -0.15) is 0 Å². The van der Waals surface area contributed by atoms with Crippen molar-refractivity contribution in [1.82, 2.24) is 4.90 Å². The summed E-state index contributed by atoms with van der Waals surface area (Å²) >= 11 is 0. The quantitative estimate of drug-likeness (QED) is 0.801. The Labute approximate surface area is 107 Å². The number of nitrogens with two attached hydrogens (primary N) is 1. The summed E-state index contributed by atoms with van der Waals surface area (Å²) < 4.78 is 0. The minimum absolute atomic E-state index is 0.413. The highest BCUT2D eigenvalue weighted by Crippen LogP contribution is 2.32. The van der Waals surface area contributed by atoms with Crippen LogP contribution in [0.3, 0.4) is 0 Å². The summed E-state index contributed by atoms with van der Waals surface area (Å²) in [5.41, 5.74) is 6.33. The van der Waals surface area contributed by atoms with Crippen LogP contribution < -0.4 is 5.73 Å². The van der Waals surface area contributed by atoms with Gasteiger partial charge in [0.15, 0.2) is 0 Å². The second-order valence-corrected chi connectivity index (χ2v) is 6.73. The fourth-order valence-corrected chi connectivity index (χ4v) is 3.76. The van der Waals surface area contributed by atoms with Gasteiger partial charge in [0.2, 0.25) is 0 Å². The van der Waals surface area contributed by atoms with Crippen molar-refractivity contribution in [2.75, 3.05) is 7.05 Å². The van der Waals surface area contributed by atoms with Crippen molar-refractivity contribution in [3.05, 3.63) is 0 Å². The molecule has 0 aromatic carbocycles. The molecule has 0 aromatic heterocycles. The monoisotopic (exact) mass is 238 g/mol. The maximum absolute atomic E-state index is 6.33. The highest BCUT2D eigenvalue weighted by atomic mass is 15.2. The van der Waals surface area contributed by atoms with Crippen molar-refractivity contribution >= 4 is 0 Å². The van der Waals surface area contributed by atoms with Gasteiger partial charge in [-0.05, 0) is 63.8 Å². The SMILES string of the molecule is CC1CCC(N(C)C2CC(C)CCC2N)CC1. The number of rotatable bonds is 2. The Morgan fingerprint density at radius 3 is 2.12 bits per heavy atom. The lowest BCUT2D eigenvalue weighted by molar-refractivity contribution is 0.0744. The number of hydrogen-bond donors (Lipinski definition) is 1. The summed E-state index contributed by atoms with van der Waals surface area (Å²) in [6.07, 6.45) is 9.44. The molecule has 17 heavy (non-hydrogen) atoms. The summed E-state index contributed by atoms with van der Waals surface area (Å²) in [6.45, 7) is 4.78. The Morgan fingerprint density at radius 2 is 1.47 bits per heavy atom. The van der Waals surface area contributed by atoms with E-state index in [9.17, 15) is 0 Å². The molecule has 2 heteroatoms. The third-order valence-corrected chi connectivity index (χ3v) is 5.22. The number of hydrogen-bond acceptors (Lipinski definition) is 2. The molecule has 2 rings (SSSR count). The van der Waals surface area contributed by atoms with Gasteiger partial charge in [0, 0.05) is 18.1 Å². The van der Waals surface area contributed by atoms with Crippen LogP contribution in [-0.2, 0) is 0 Å². The van der Waals surface area contributed by atoms with Gasteiger partial charge < -0.3 is 5.73 Å². The van der Waals surface area contributed by atoms with Crippen molar-refractivity contribution in [2.24, 2.45) is 17.6 Å². The molecular weight excluding hydrogens is 208 g/mol. The predicted octanol–water partition coefficient (Wildman–Crippen LogP) is 3.01. The molecule has 0 heterocycles. The molecule has 100 valence electrons. The first kappa shape index (κ1) is 13.4. The number of nitrogens with zero attached hydrogens (tertiary/aromatic N) is 1. The molecule has 2 saturated carbocycles. The van der Waals surface area contributed by atoms with Crippen LogP contribution >= 0.6 is 0 Å². The molecule has 2 N–H and O–H groups in total. The zero-order chi connectivity index (χ0) is 12.4. The van der Waals surface area contributed by atoms with E-state index in [4.69, 9.17) is 5.73 Å². The molecule has 2 aliphatic carbocycles. The molecule has 0 aliphatic heterocycles. The Morgan fingerprint density at radius 1 is 0.882 bits per heavy atom. The highest BCUT2D eigenvalue weighted by molar-refractivity contribution is 4.90. The van der Waals surface area contributed by atoms with Gasteiger partial charge in [-0.15, -0.1) is 0 Å². The number of likely N-dealkylation sites (N-methyl/N-ethyl adjacent to an activating group) is 1. The maximum atomic E-state index is 6.33. The van der Waals surface area contributed by atoms with E-state index in [1.54, 1.807) is 0 Å². The maximum Gasteiger partial charge on any atom is 0.0249 e. The summed E-state index contributed by atoms with van der Waals surface area (Å²) in [6, 6.07) is 1.85. The van der Waals surface area contributed by atoms with E-state index in [1.165, 1.54) is 44.9 Å². The van der Waals surface area contributed by atoms with Gasteiger partial charge in [-0.25, -0.2) is 0 Å². The average Bonchev–Trinajstić information content (AvgIpc) is 2.32. The Hall–Kier alpha value is -0.0800. The van der Waals surface area contributed by atoms with E-state index in [2.05, 4.69) is 25.8 Å². The third-order valence-electron chi connectivity index (χ3n) is 5.22. The largest absolute Gasteiger partial charge is 0.326 e. The summed E-state index contributed by atoms with van der Waals surface area (Å²) in [5, 5.41) is 0. The average molecular weight is 238 g/mol. The van der Waals surface area contributed by atoms with Gasteiger partial charge in [-0.1, -0.05) is 13.8 Å². The molecule has 2 fully saturated rings. The normalized spacial score (nSPS) is 43.9. The van der Waals surface area contributed by atoms with E-state index in [0.29, 0.717) is 12.1 Å². The van der Waals surface area contributed by atoms with Crippen LogP contribution in [0.25, 0.3) is 0 Å². The first-order valence-corrected chi connectivity index (χ1v) is 7.55. The van der Waals surface area contributed by atoms with E-state index in [-0.39, 0.29) is 0 Å². The Balaban J connectivity index is 1.91. The second kappa shape index (κ2) is 5.71. The van der Waals surface area contributed by atoms with E-state index in [0.717, 1.165) is 17.9 Å². The highest BCUT2D eigenvalue weighted by Gasteiger charge is 2.33. The van der Waals surface area contributed by atoms with Gasteiger partial charge in [0.25, 0.3) is 0 Å². The topological polar surface area (TPSA) is 29.3 Å². The lowest BCUT2D eigenvalue weighted by atomic mass is 9.80. The lowest BCUT2D eigenvalue weighted by Gasteiger charge is -2.44. The summed E-state index contributed by atoms with van der Waals surface area (Å²) in [7, 11) is 2.32. The van der Waals surface area contributed by atoms with Gasteiger partial charge in [-0.3, -0.25) is 4.90 Å². The smallest absolute Gasteiger partial charge is 0.0249 e. The van der Waals surface area contributed by atoms with Crippen LogP contribution in [0.4, 0.5) is 0 Å². The standard InChI is InChI=1S/C15H30N2/c1-11-4-7-13(8-5-11)17(3)15-10-12(2)6-9-14(15)16/h11-15H,4-10,16H2,1-3H3. The molecule has 0 spiro atoms. The zero-order valence-corrected chi connectivity index (χ0v) is 11.9. The molecule has 0 radical (unpaired) electrons. The van der Waals surface area contributed by atoms with Gasteiger partial charge in [0.1, 0.15) is 0 Å². The van der Waals surface area contributed by atoms with Crippen molar-refractivity contribution in [2.45, 2.75) is 76.9 Å². The van der Waals surface area contributed by atoms with E-state index >= 15 is 0 Å². The fraction of sp³-hybridized carbons (Fsp3) is 1.00. The first-order chi connectivity index (χ1) is 8.08. The summed E-state index contributed by atoms with van der Waals surface area (Å²) in [4.78, 5) is 2.63. The molecule has 0 saturated heterocycles. The van der Waals surface area contributed by atoms with Crippen molar-refractivity contribution in [3.63, 3.8) is 0 Å². The van der Waals surface area contributed by atoms with Crippen molar-refractivity contribution < 1.29 is 0 Å². The van der Waals surface area contributed by atoms with Crippen molar-refractivity contribution in [1.29, 1.82) is 0 Å². The molecule has 0 amide bonds. The molecular formula is C15H30N2. The van der Waals surface area contributed by atoms with Crippen molar-refractivity contribution in [3.8, 4) is 0 Å². The minimum atomic E-state index is 0.413. The second-order valence-electron chi connectivity index (χ2n) is 6.73.